The first-order valence-electron chi connectivity index (χ1n) is 6.95. The molecule has 0 saturated carbocycles. The van der Waals surface area contributed by atoms with Crippen LogP contribution >= 0.6 is 0 Å². The Hall–Kier alpha value is -2.45. The Morgan fingerprint density at radius 2 is 1.96 bits per heavy atom. The molecule has 0 aliphatic heterocycles. The molecule has 3 aromatic rings. The third-order valence-corrected chi connectivity index (χ3v) is 5.42. The Bertz CT molecular complexity index is 977. The van der Waals surface area contributed by atoms with Crippen molar-refractivity contribution in [2.24, 2.45) is 0 Å². The lowest BCUT2D eigenvalue weighted by atomic mass is 10.2. The van der Waals surface area contributed by atoms with Crippen molar-refractivity contribution in [2.45, 2.75) is 11.3 Å². The number of likely N-dealkylation sites (N-methyl/N-ethyl adjacent to an activating group) is 1. The molecule has 0 bridgehead atoms. The third-order valence-electron chi connectivity index (χ3n) is 3.56. The standard InChI is InChI=1S/C15H15N3O4S/c1-18(9-6-11-4-7-16-8-5-11)23(20,21)12-2-3-14-13(10-12)17-15(19)22-14/h2-5,7-8,10H,6,9H2,1H3,(H,17,19). The summed E-state index contributed by atoms with van der Waals surface area (Å²) in [6.07, 6.45) is 3.93. The van der Waals surface area contributed by atoms with Crippen molar-refractivity contribution < 1.29 is 12.8 Å². The monoisotopic (exact) mass is 333 g/mol. The van der Waals surface area contributed by atoms with Gasteiger partial charge >= 0.3 is 5.76 Å². The highest BCUT2D eigenvalue weighted by Crippen LogP contribution is 2.19. The fourth-order valence-electron chi connectivity index (χ4n) is 2.23. The lowest BCUT2D eigenvalue weighted by Crippen LogP contribution is -2.29. The second-order valence-corrected chi connectivity index (χ2v) is 7.15. The van der Waals surface area contributed by atoms with E-state index in [2.05, 4.69) is 9.97 Å². The number of aromatic amines is 1. The van der Waals surface area contributed by atoms with E-state index in [0.29, 0.717) is 24.1 Å². The van der Waals surface area contributed by atoms with Gasteiger partial charge in [-0.15, -0.1) is 0 Å². The number of pyridine rings is 1. The number of H-pyrrole nitrogens is 1. The van der Waals surface area contributed by atoms with Crippen LogP contribution in [0.5, 0.6) is 0 Å². The maximum atomic E-state index is 12.6. The molecule has 23 heavy (non-hydrogen) atoms. The van der Waals surface area contributed by atoms with Crippen molar-refractivity contribution in [3.63, 3.8) is 0 Å². The second-order valence-electron chi connectivity index (χ2n) is 5.10. The molecule has 3 rings (SSSR count). The van der Waals surface area contributed by atoms with Crippen LogP contribution in [-0.4, -0.2) is 36.3 Å². The molecule has 0 spiro atoms. The van der Waals surface area contributed by atoms with Crippen LogP contribution in [0.15, 0.2) is 56.8 Å². The van der Waals surface area contributed by atoms with Gasteiger partial charge in [0.1, 0.15) is 0 Å². The quantitative estimate of drug-likeness (QED) is 0.761. The van der Waals surface area contributed by atoms with E-state index in [1.54, 1.807) is 12.4 Å². The molecule has 120 valence electrons. The van der Waals surface area contributed by atoms with Crippen molar-refractivity contribution in [1.29, 1.82) is 0 Å². The first-order valence-corrected chi connectivity index (χ1v) is 8.39. The normalized spacial score (nSPS) is 12.1. The van der Waals surface area contributed by atoms with Gasteiger partial charge in [0, 0.05) is 26.0 Å². The maximum Gasteiger partial charge on any atom is 0.417 e. The van der Waals surface area contributed by atoms with Crippen LogP contribution in [0.2, 0.25) is 0 Å². The summed E-state index contributed by atoms with van der Waals surface area (Å²) in [6, 6.07) is 8.00. The molecule has 8 heteroatoms. The number of aromatic nitrogens is 2. The van der Waals surface area contributed by atoms with Gasteiger partial charge in [0.2, 0.25) is 10.0 Å². The molecular formula is C15H15N3O4S. The number of rotatable bonds is 5. The summed E-state index contributed by atoms with van der Waals surface area (Å²) < 4.78 is 31.4. The van der Waals surface area contributed by atoms with Crippen molar-refractivity contribution in [3.05, 3.63) is 58.8 Å². The summed E-state index contributed by atoms with van der Waals surface area (Å²) in [4.78, 5) is 17.7. The number of hydrogen-bond donors (Lipinski definition) is 1. The van der Waals surface area contributed by atoms with E-state index in [4.69, 9.17) is 4.42 Å². The van der Waals surface area contributed by atoms with E-state index >= 15 is 0 Å². The van der Waals surface area contributed by atoms with Crippen LogP contribution in [-0.2, 0) is 16.4 Å². The van der Waals surface area contributed by atoms with Crippen LogP contribution < -0.4 is 5.76 Å². The molecule has 0 radical (unpaired) electrons. The lowest BCUT2D eigenvalue weighted by molar-refractivity contribution is 0.472. The van der Waals surface area contributed by atoms with Crippen LogP contribution in [0.4, 0.5) is 0 Å². The molecule has 0 amide bonds. The Balaban J connectivity index is 1.82. The number of sulfonamides is 1. The summed E-state index contributed by atoms with van der Waals surface area (Å²) in [6.45, 7) is 0.340. The van der Waals surface area contributed by atoms with Crippen molar-refractivity contribution >= 4 is 21.1 Å². The summed E-state index contributed by atoms with van der Waals surface area (Å²) in [5, 5.41) is 0. The summed E-state index contributed by atoms with van der Waals surface area (Å²) in [5.74, 6) is -0.611. The Morgan fingerprint density at radius 3 is 2.70 bits per heavy atom. The molecule has 0 aliphatic rings. The Kier molecular flexibility index (Phi) is 4.01. The van der Waals surface area contributed by atoms with Gasteiger partial charge in [0.15, 0.2) is 5.58 Å². The van der Waals surface area contributed by atoms with E-state index < -0.39 is 15.8 Å². The molecular weight excluding hydrogens is 318 g/mol. The average Bonchev–Trinajstić information content (AvgIpc) is 2.92. The molecule has 2 heterocycles. The van der Waals surface area contributed by atoms with Gasteiger partial charge in [-0.1, -0.05) is 0 Å². The fourth-order valence-corrected chi connectivity index (χ4v) is 3.43. The van der Waals surface area contributed by atoms with Crippen LogP contribution in [0.3, 0.4) is 0 Å². The molecule has 0 aliphatic carbocycles. The predicted molar refractivity (Wildman–Crippen MR) is 84.6 cm³/mol. The minimum Gasteiger partial charge on any atom is -0.408 e. The number of nitrogens with one attached hydrogen (secondary N) is 1. The summed E-state index contributed by atoms with van der Waals surface area (Å²) in [7, 11) is -2.11. The first-order chi connectivity index (χ1) is 11.0. The molecule has 0 unspecified atom stereocenters. The van der Waals surface area contributed by atoms with E-state index in [0.717, 1.165) is 5.56 Å². The first kappa shape index (κ1) is 15.4. The van der Waals surface area contributed by atoms with Gasteiger partial charge in [-0.05, 0) is 42.3 Å². The molecule has 7 nitrogen and oxygen atoms in total. The second kappa shape index (κ2) is 5.98. The van der Waals surface area contributed by atoms with Gasteiger partial charge in [0.25, 0.3) is 0 Å². The van der Waals surface area contributed by atoms with Crippen molar-refractivity contribution in [1.82, 2.24) is 14.3 Å². The highest BCUT2D eigenvalue weighted by atomic mass is 32.2. The van der Waals surface area contributed by atoms with Crippen molar-refractivity contribution in [3.8, 4) is 0 Å². The molecule has 1 N–H and O–H groups in total. The van der Waals surface area contributed by atoms with Gasteiger partial charge < -0.3 is 4.42 Å². The van der Waals surface area contributed by atoms with E-state index in [1.807, 2.05) is 12.1 Å². The minimum atomic E-state index is -3.64. The minimum absolute atomic E-state index is 0.110. The number of fused-ring (bicyclic) bond motifs is 1. The number of hydrogen-bond acceptors (Lipinski definition) is 5. The highest BCUT2D eigenvalue weighted by molar-refractivity contribution is 7.89. The molecule has 1 aromatic carbocycles. The topological polar surface area (TPSA) is 96.3 Å². The molecule has 0 fully saturated rings. The van der Waals surface area contributed by atoms with Crippen molar-refractivity contribution in [2.75, 3.05) is 13.6 Å². The Labute approximate surface area is 132 Å². The molecule has 0 saturated heterocycles. The summed E-state index contributed by atoms with van der Waals surface area (Å²) >= 11 is 0. The van der Waals surface area contributed by atoms with E-state index in [9.17, 15) is 13.2 Å². The molecule has 2 aromatic heterocycles. The highest BCUT2D eigenvalue weighted by Gasteiger charge is 2.21. The smallest absolute Gasteiger partial charge is 0.408 e. The van der Waals surface area contributed by atoms with Gasteiger partial charge in [-0.3, -0.25) is 9.97 Å². The number of nitrogens with zero attached hydrogens (tertiary/aromatic N) is 2. The van der Waals surface area contributed by atoms with Crippen LogP contribution in [0.25, 0.3) is 11.1 Å². The third kappa shape index (κ3) is 3.17. The van der Waals surface area contributed by atoms with E-state index in [-0.39, 0.29) is 4.90 Å². The maximum absolute atomic E-state index is 12.6. The number of benzene rings is 1. The number of oxazole rings is 1. The average molecular weight is 333 g/mol. The SMILES string of the molecule is CN(CCc1ccncc1)S(=O)(=O)c1ccc2oc(=O)[nH]c2c1. The zero-order valence-corrected chi connectivity index (χ0v) is 13.2. The zero-order chi connectivity index (χ0) is 16.4. The lowest BCUT2D eigenvalue weighted by Gasteiger charge is -2.17. The molecule has 0 atom stereocenters. The van der Waals surface area contributed by atoms with Gasteiger partial charge in [-0.25, -0.2) is 17.5 Å². The Morgan fingerprint density at radius 1 is 1.22 bits per heavy atom. The largest absolute Gasteiger partial charge is 0.417 e. The summed E-state index contributed by atoms with van der Waals surface area (Å²) in [5.41, 5.74) is 1.70. The van der Waals surface area contributed by atoms with Gasteiger partial charge in [0.05, 0.1) is 10.4 Å². The predicted octanol–water partition coefficient (Wildman–Crippen LogP) is 1.38. The van der Waals surface area contributed by atoms with Gasteiger partial charge in [-0.2, -0.15) is 0 Å². The zero-order valence-electron chi connectivity index (χ0n) is 12.4. The van der Waals surface area contributed by atoms with Crippen LogP contribution in [0, 0.1) is 0 Å². The fraction of sp³-hybridized carbons (Fsp3) is 0.200. The van der Waals surface area contributed by atoms with E-state index in [1.165, 1.54) is 29.6 Å². The van der Waals surface area contributed by atoms with Crippen LogP contribution in [0.1, 0.15) is 5.56 Å².